The Bertz CT molecular complexity index is 1090. The molecule has 30 heavy (non-hydrogen) atoms. The third-order valence-electron chi connectivity index (χ3n) is 5.45. The number of hydrogen-bond acceptors (Lipinski definition) is 5. The third-order valence-corrected chi connectivity index (χ3v) is 6.42. The molecule has 0 radical (unpaired) electrons. The lowest BCUT2D eigenvalue weighted by atomic mass is 10.1. The molecule has 1 saturated carbocycles. The molecule has 4 rings (SSSR count). The lowest BCUT2D eigenvalue weighted by Gasteiger charge is -2.16. The standard InChI is InChI=1S/C23H25N3O3S/c1-29-18-12-10-17(11-13-18)24-21(27)15-30-23-25-20-9-5-4-8-19(20)22(28)26(23)14-16-6-2-3-7-16/h4-5,8-13,16H,2-3,6-7,14-15H2,1H3,(H,24,27). The molecule has 0 bridgehead atoms. The molecule has 0 atom stereocenters. The van der Waals surface area contributed by atoms with Gasteiger partial charge < -0.3 is 10.1 Å². The smallest absolute Gasteiger partial charge is 0.262 e. The molecule has 1 aromatic heterocycles. The van der Waals surface area contributed by atoms with E-state index in [4.69, 9.17) is 9.72 Å². The van der Waals surface area contributed by atoms with Crippen LogP contribution in [0.15, 0.2) is 58.5 Å². The van der Waals surface area contributed by atoms with Crippen molar-refractivity contribution in [2.45, 2.75) is 37.4 Å². The van der Waals surface area contributed by atoms with Gasteiger partial charge in [-0.3, -0.25) is 14.2 Å². The largest absolute Gasteiger partial charge is 0.497 e. The summed E-state index contributed by atoms with van der Waals surface area (Å²) in [6, 6.07) is 14.6. The lowest BCUT2D eigenvalue weighted by molar-refractivity contribution is -0.113. The summed E-state index contributed by atoms with van der Waals surface area (Å²) in [6.07, 6.45) is 4.71. The fraction of sp³-hybridized carbons (Fsp3) is 0.348. The number of ether oxygens (including phenoxy) is 1. The normalized spacial score (nSPS) is 14.2. The Labute approximate surface area is 179 Å². The van der Waals surface area contributed by atoms with Crippen LogP contribution >= 0.6 is 11.8 Å². The lowest BCUT2D eigenvalue weighted by Crippen LogP contribution is -2.26. The number of nitrogens with one attached hydrogen (secondary N) is 1. The zero-order valence-corrected chi connectivity index (χ0v) is 17.8. The van der Waals surface area contributed by atoms with Gasteiger partial charge in [0.2, 0.25) is 5.91 Å². The van der Waals surface area contributed by atoms with Gasteiger partial charge in [0.05, 0.1) is 23.8 Å². The van der Waals surface area contributed by atoms with E-state index in [2.05, 4.69) is 5.32 Å². The number of hydrogen-bond donors (Lipinski definition) is 1. The van der Waals surface area contributed by atoms with E-state index >= 15 is 0 Å². The first-order chi connectivity index (χ1) is 14.6. The molecule has 7 heteroatoms. The summed E-state index contributed by atoms with van der Waals surface area (Å²) in [5.41, 5.74) is 1.35. The number of carbonyl (C=O) groups excluding carboxylic acids is 1. The van der Waals surface area contributed by atoms with Crippen molar-refractivity contribution in [3.8, 4) is 5.75 Å². The van der Waals surface area contributed by atoms with E-state index in [1.54, 1.807) is 35.9 Å². The van der Waals surface area contributed by atoms with Crippen molar-refractivity contribution < 1.29 is 9.53 Å². The number of carbonyl (C=O) groups is 1. The maximum absolute atomic E-state index is 13.1. The molecule has 3 aromatic rings. The second kappa shape index (κ2) is 9.34. The Hall–Kier alpha value is -2.80. The Balaban J connectivity index is 1.52. The van der Waals surface area contributed by atoms with E-state index in [1.807, 2.05) is 24.3 Å². The summed E-state index contributed by atoms with van der Waals surface area (Å²) in [6.45, 7) is 0.666. The molecule has 1 N–H and O–H groups in total. The number of thioether (sulfide) groups is 1. The summed E-state index contributed by atoms with van der Waals surface area (Å²) in [7, 11) is 1.60. The molecule has 1 fully saturated rings. The van der Waals surface area contributed by atoms with E-state index in [1.165, 1.54) is 24.6 Å². The maximum atomic E-state index is 13.1. The second-order valence-electron chi connectivity index (χ2n) is 7.54. The molecular weight excluding hydrogens is 398 g/mol. The fourth-order valence-electron chi connectivity index (χ4n) is 3.87. The summed E-state index contributed by atoms with van der Waals surface area (Å²) >= 11 is 1.31. The van der Waals surface area contributed by atoms with Crippen molar-refractivity contribution in [1.29, 1.82) is 0 Å². The van der Waals surface area contributed by atoms with Crippen LogP contribution in [0.1, 0.15) is 25.7 Å². The predicted molar refractivity (Wildman–Crippen MR) is 120 cm³/mol. The number of fused-ring (bicyclic) bond motifs is 1. The highest BCUT2D eigenvalue weighted by Gasteiger charge is 2.20. The van der Waals surface area contributed by atoms with Gasteiger partial charge in [-0.25, -0.2) is 4.98 Å². The van der Waals surface area contributed by atoms with Gasteiger partial charge in [-0.1, -0.05) is 36.7 Å². The average molecular weight is 424 g/mol. The zero-order valence-electron chi connectivity index (χ0n) is 17.0. The predicted octanol–water partition coefficient (Wildman–Crippen LogP) is 4.33. The van der Waals surface area contributed by atoms with Crippen LogP contribution in [0.2, 0.25) is 0 Å². The monoisotopic (exact) mass is 423 g/mol. The van der Waals surface area contributed by atoms with Gasteiger partial charge >= 0.3 is 0 Å². The van der Waals surface area contributed by atoms with Crippen LogP contribution in [0.25, 0.3) is 10.9 Å². The van der Waals surface area contributed by atoms with Crippen molar-refractivity contribution in [1.82, 2.24) is 9.55 Å². The molecule has 1 aliphatic rings. The first-order valence-electron chi connectivity index (χ1n) is 10.2. The Morgan fingerprint density at radius 1 is 1.17 bits per heavy atom. The average Bonchev–Trinajstić information content (AvgIpc) is 3.28. The SMILES string of the molecule is COc1ccc(NC(=O)CSc2nc3ccccc3c(=O)n2CC2CCCC2)cc1. The van der Waals surface area contributed by atoms with Gasteiger partial charge in [-0.05, 0) is 55.2 Å². The molecule has 1 amide bonds. The van der Waals surface area contributed by atoms with Gasteiger partial charge in [0.15, 0.2) is 5.16 Å². The minimum absolute atomic E-state index is 0.0226. The number of rotatable bonds is 7. The quantitative estimate of drug-likeness (QED) is 0.452. The zero-order chi connectivity index (χ0) is 20.9. The highest BCUT2D eigenvalue weighted by atomic mass is 32.2. The summed E-state index contributed by atoms with van der Waals surface area (Å²) in [5, 5.41) is 4.11. The van der Waals surface area contributed by atoms with Crippen LogP contribution in [0.5, 0.6) is 5.75 Å². The van der Waals surface area contributed by atoms with Crippen molar-refractivity contribution >= 4 is 34.3 Å². The Morgan fingerprint density at radius 3 is 2.63 bits per heavy atom. The summed E-state index contributed by atoms with van der Waals surface area (Å²) in [5.74, 6) is 1.28. The molecule has 0 unspecified atom stereocenters. The van der Waals surface area contributed by atoms with Gasteiger partial charge in [-0.15, -0.1) is 0 Å². The van der Waals surface area contributed by atoms with Crippen molar-refractivity contribution in [2.75, 3.05) is 18.2 Å². The molecule has 0 spiro atoms. The Morgan fingerprint density at radius 2 is 1.90 bits per heavy atom. The highest BCUT2D eigenvalue weighted by molar-refractivity contribution is 7.99. The molecule has 0 saturated heterocycles. The van der Waals surface area contributed by atoms with Crippen LogP contribution in [0.4, 0.5) is 5.69 Å². The van der Waals surface area contributed by atoms with Crippen molar-refractivity contribution in [2.24, 2.45) is 5.92 Å². The number of methoxy groups -OCH3 is 1. The van der Waals surface area contributed by atoms with Crippen molar-refractivity contribution in [3.05, 3.63) is 58.9 Å². The van der Waals surface area contributed by atoms with Crippen LogP contribution < -0.4 is 15.6 Å². The summed E-state index contributed by atoms with van der Waals surface area (Å²) in [4.78, 5) is 30.3. The van der Waals surface area contributed by atoms with E-state index in [0.29, 0.717) is 34.2 Å². The van der Waals surface area contributed by atoms with E-state index in [0.717, 1.165) is 18.6 Å². The first kappa shape index (κ1) is 20.5. The van der Waals surface area contributed by atoms with Crippen LogP contribution in [0, 0.1) is 5.92 Å². The second-order valence-corrected chi connectivity index (χ2v) is 8.49. The van der Waals surface area contributed by atoms with Gasteiger partial charge in [-0.2, -0.15) is 0 Å². The topological polar surface area (TPSA) is 73.2 Å². The van der Waals surface area contributed by atoms with E-state index < -0.39 is 0 Å². The van der Waals surface area contributed by atoms with Crippen LogP contribution in [-0.2, 0) is 11.3 Å². The highest BCUT2D eigenvalue weighted by Crippen LogP contribution is 2.28. The van der Waals surface area contributed by atoms with E-state index in [9.17, 15) is 9.59 Å². The fourth-order valence-corrected chi connectivity index (χ4v) is 4.68. The van der Waals surface area contributed by atoms with Crippen molar-refractivity contribution in [3.63, 3.8) is 0 Å². The summed E-state index contributed by atoms with van der Waals surface area (Å²) < 4.78 is 6.90. The molecule has 156 valence electrons. The van der Waals surface area contributed by atoms with Gasteiger partial charge in [0.1, 0.15) is 5.75 Å². The number of nitrogens with zero attached hydrogens (tertiary/aromatic N) is 2. The third kappa shape index (κ3) is 4.67. The number of anilines is 1. The number of benzene rings is 2. The number of para-hydroxylation sites is 1. The molecule has 1 aliphatic carbocycles. The van der Waals surface area contributed by atoms with Gasteiger partial charge in [0, 0.05) is 12.2 Å². The Kier molecular flexibility index (Phi) is 6.38. The molecule has 6 nitrogen and oxygen atoms in total. The first-order valence-corrected chi connectivity index (χ1v) is 11.2. The van der Waals surface area contributed by atoms with Crippen LogP contribution in [-0.4, -0.2) is 28.3 Å². The number of amides is 1. The minimum atomic E-state index is -0.139. The molecular formula is C23H25N3O3S. The minimum Gasteiger partial charge on any atom is -0.497 e. The van der Waals surface area contributed by atoms with Gasteiger partial charge in [0.25, 0.3) is 5.56 Å². The number of aromatic nitrogens is 2. The molecule has 1 heterocycles. The maximum Gasteiger partial charge on any atom is 0.262 e. The van der Waals surface area contributed by atoms with E-state index in [-0.39, 0.29) is 17.2 Å². The molecule has 0 aliphatic heterocycles. The van der Waals surface area contributed by atoms with Crippen LogP contribution in [0.3, 0.4) is 0 Å². The molecule has 2 aromatic carbocycles.